The Morgan fingerprint density at radius 1 is 1.17 bits per heavy atom. The number of benzene rings is 2. The van der Waals surface area contributed by atoms with Crippen LogP contribution in [0.2, 0.25) is 0 Å². The number of aliphatic imine (C=N–C) groups is 1. The Balaban J connectivity index is 1.68. The van der Waals surface area contributed by atoms with Gasteiger partial charge in [0.1, 0.15) is 11.5 Å². The summed E-state index contributed by atoms with van der Waals surface area (Å²) in [5.74, 6) is 0.832. The van der Waals surface area contributed by atoms with Gasteiger partial charge in [-0.05, 0) is 53.2 Å². The summed E-state index contributed by atoms with van der Waals surface area (Å²) >= 11 is 1.31. The molecule has 2 N–H and O–H groups in total. The van der Waals surface area contributed by atoms with Gasteiger partial charge >= 0.3 is 0 Å². The Labute approximate surface area is 144 Å². The fraction of sp³-hybridized carbons (Fsp3) is 0.111. The summed E-state index contributed by atoms with van der Waals surface area (Å²) in [6.07, 6.45) is 1.77. The minimum atomic E-state index is -0.165. The number of thioether (sulfide) groups is 1. The smallest absolute Gasteiger partial charge is 0.264 e. The first-order valence-electron chi connectivity index (χ1n) is 7.31. The molecule has 0 aromatic heterocycles. The van der Waals surface area contributed by atoms with Gasteiger partial charge in [0, 0.05) is 0 Å². The highest BCUT2D eigenvalue weighted by Crippen LogP contribution is 2.26. The second kappa shape index (κ2) is 7.23. The van der Waals surface area contributed by atoms with Gasteiger partial charge in [0.15, 0.2) is 5.17 Å². The zero-order valence-electron chi connectivity index (χ0n) is 13.0. The van der Waals surface area contributed by atoms with E-state index in [2.05, 4.69) is 10.3 Å². The number of hydrogen-bond donors (Lipinski definition) is 2. The van der Waals surface area contributed by atoms with E-state index in [1.165, 1.54) is 11.8 Å². The maximum atomic E-state index is 12.0. The molecule has 1 aliphatic heterocycles. The highest BCUT2D eigenvalue weighted by molar-refractivity contribution is 8.18. The number of carbonyl (C=O) groups excluding carboxylic acids is 1. The van der Waals surface area contributed by atoms with Crippen LogP contribution in [0.15, 0.2) is 58.4 Å². The first kappa shape index (κ1) is 16.1. The van der Waals surface area contributed by atoms with Crippen LogP contribution in [-0.2, 0) is 11.3 Å². The van der Waals surface area contributed by atoms with E-state index in [1.54, 1.807) is 37.5 Å². The highest BCUT2D eigenvalue weighted by atomic mass is 32.2. The maximum absolute atomic E-state index is 12.0. The lowest BCUT2D eigenvalue weighted by atomic mass is 10.2. The number of ether oxygens (including phenoxy) is 1. The van der Waals surface area contributed by atoms with Crippen molar-refractivity contribution >= 4 is 28.9 Å². The number of nitrogens with one attached hydrogen (secondary N) is 1. The summed E-state index contributed by atoms with van der Waals surface area (Å²) in [5, 5.41) is 12.6. The lowest BCUT2D eigenvalue weighted by Crippen LogP contribution is -2.19. The summed E-state index contributed by atoms with van der Waals surface area (Å²) in [5.41, 5.74) is 1.89. The van der Waals surface area contributed by atoms with Crippen molar-refractivity contribution in [2.75, 3.05) is 7.11 Å². The number of phenols is 1. The summed E-state index contributed by atoms with van der Waals surface area (Å²) in [4.78, 5) is 17.0. The monoisotopic (exact) mass is 340 g/mol. The number of aromatic hydroxyl groups is 1. The van der Waals surface area contributed by atoms with Crippen molar-refractivity contribution in [1.82, 2.24) is 5.32 Å². The molecule has 1 fully saturated rings. The van der Waals surface area contributed by atoms with E-state index in [-0.39, 0.29) is 11.7 Å². The average Bonchev–Trinajstić information content (AvgIpc) is 2.95. The first-order valence-corrected chi connectivity index (χ1v) is 8.13. The molecule has 6 heteroatoms. The highest BCUT2D eigenvalue weighted by Gasteiger charge is 2.23. The molecule has 122 valence electrons. The second-order valence-corrected chi connectivity index (χ2v) is 6.16. The fourth-order valence-corrected chi connectivity index (χ4v) is 2.94. The van der Waals surface area contributed by atoms with Crippen LogP contribution in [0.5, 0.6) is 11.5 Å². The molecule has 1 aliphatic rings. The molecule has 0 radical (unpaired) electrons. The lowest BCUT2D eigenvalue weighted by molar-refractivity contribution is -0.115. The molecule has 0 aliphatic carbocycles. The Morgan fingerprint density at radius 3 is 2.54 bits per heavy atom. The van der Waals surface area contributed by atoms with Gasteiger partial charge in [-0.25, -0.2) is 0 Å². The number of amides is 1. The van der Waals surface area contributed by atoms with E-state index in [1.807, 2.05) is 24.3 Å². The van der Waals surface area contributed by atoms with Crippen molar-refractivity contribution in [3.8, 4) is 11.5 Å². The molecular weight excluding hydrogens is 324 g/mol. The van der Waals surface area contributed by atoms with Gasteiger partial charge in [0.05, 0.1) is 18.6 Å². The van der Waals surface area contributed by atoms with Crippen molar-refractivity contribution in [2.24, 2.45) is 4.99 Å². The Bertz CT molecular complexity index is 796. The minimum Gasteiger partial charge on any atom is -0.508 e. The summed E-state index contributed by atoms with van der Waals surface area (Å²) in [6.45, 7) is 0.485. The zero-order valence-corrected chi connectivity index (χ0v) is 13.8. The Kier molecular flexibility index (Phi) is 4.86. The van der Waals surface area contributed by atoms with Gasteiger partial charge in [-0.15, -0.1) is 0 Å². The van der Waals surface area contributed by atoms with E-state index in [4.69, 9.17) is 4.74 Å². The number of phenolic OH excluding ortho intramolecular Hbond substituents is 1. The van der Waals surface area contributed by atoms with Crippen molar-refractivity contribution in [1.29, 1.82) is 0 Å². The van der Waals surface area contributed by atoms with Gasteiger partial charge in [-0.1, -0.05) is 24.3 Å². The van der Waals surface area contributed by atoms with Gasteiger partial charge in [-0.2, -0.15) is 0 Å². The molecule has 0 saturated carbocycles. The van der Waals surface area contributed by atoms with Crippen molar-refractivity contribution in [3.63, 3.8) is 0 Å². The number of carbonyl (C=O) groups is 1. The van der Waals surface area contributed by atoms with Crippen molar-refractivity contribution < 1.29 is 14.6 Å². The third kappa shape index (κ3) is 3.97. The number of methoxy groups -OCH3 is 1. The third-order valence-corrected chi connectivity index (χ3v) is 4.35. The number of rotatable bonds is 4. The molecule has 0 atom stereocenters. The molecule has 0 spiro atoms. The third-order valence-electron chi connectivity index (χ3n) is 3.41. The molecule has 1 heterocycles. The Morgan fingerprint density at radius 2 is 1.88 bits per heavy atom. The standard InChI is InChI=1S/C18H16N2O3S/c1-23-15-8-4-13(5-9-15)11-19-18-20-17(22)16(24-18)10-12-2-6-14(21)7-3-12/h2-10,21H,11H2,1H3,(H,19,20,22)/b16-10-. The molecule has 1 amide bonds. The molecule has 5 nitrogen and oxygen atoms in total. The average molecular weight is 340 g/mol. The van der Waals surface area contributed by atoms with Gasteiger partial charge < -0.3 is 15.2 Å². The minimum absolute atomic E-state index is 0.165. The van der Waals surface area contributed by atoms with Crippen molar-refractivity contribution in [2.45, 2.75) is 6.54 Å². The van der Waals surface area contributed by atoms with Crippen LogP contribution in [0.1, 0.15) is 11.1 Å². The van der Waals surface area contributed by atoms with Gasteiger partial charge in [-0.3, -0.25) is 9.79 Å². The Hall–Kier alpha value is -2.73. The zero-order chi connectivity index (χ0) is 16.9. The molecule has 24 heavy (non-hydrogen) atoms. The normalized spacial score (nSPS) is 17.3. The summed E-state index contributed by atoms with van der Waals surface area (Å²) < 4.78 is 5.12. The number of hydrogen-bond acceptors (Lipinski definition) is 5. The fourth-order valence-electron chi connectivity index (χ4n) is 2.12. The largest absolute Gasteiger partial charge is 0.508 e. The first-order chi connectivity index (χ1) is 11.6. The van der Waals surface area contributed by atoms with E-state index in [0.29, 0.717) is 16.6 Å². The van der Waals surface area contributed by atoms with Crippen LogP contribution >= 0.6 is 11.8 Å². The molecule has 2 aromatic carbocycles. The van der Waals surface area contributed by atoms with Crippen LogP contribution in [0.3, 0.4) is 0 Å². The van der Waals surface area contributed by atoms with Crippen LogP contribution in [0, 0.1) is 0 Å². The van der Waals surface area contributed by atoms with Gasteiger partial charge in [0.25, 0.3) is 5.91 Å². The van der Waals surface area contributed by atoms with E-state index < -0.39 is 0 Å². The molecular formula is C18H16N2O3S. The second-order valence-electron chi connectivity index (χ2n) is 5.13. The van der Waals surface area contributed by atoms with E-state index in [0.717, 1.165) is 16.9 Å². The molecule has 3 rings (SSSR count). The SMILES string of the molecule is COc1ccc(CN=C2NC(=O)/C(=C/c3ccc(O)cc3)S2)cc1. The number of nitrogens with zero attached hydrogens (tertiary/aromatic N) is 1. The molecule has 0 unspecified atom stereocenters. The topological polar surface area (TPSA) is 70.9 Å². The van der Waals surface area contributed by atoms with Crippen LogP contribution < -0.4 is 10.1 Å². The van der Waals surface area contributed by atoms with Gasteiger partial charge in [0.2, 0.25) is 0 Å². The van der Waals surface area contributed by atoms with Crippen molar-refractivity contribution in [3.05, 3.63) is 64.6 Å². The predicted octanol–water partition coefficient (Wildman–Crippen LogP) is 3.16. The van der Waals surface area contributed by atoms with E-state index in [9.17, 15) is 9.90 Å². The van der Waals surface area contributed by atoms with Crippen LogP contribution in [-0.4, -0.2) is 23.3 Å². The molecule has 0 bridgehead atoms. The van der Waals surface area contributed by atoms with Crippen LogP contribution in [0.4, 0.5) is 0 Å². The summed E-state index contributed by atoms with van der Waals surface area (Å²) in [7, 11) is 1.63. The lowest BCUT2D eigenvalue weighted by Gasteiger charge is -2.01. The quantitative estimate of drug-likeness (QED) is 0.839. The predicted molar refractivity (Wildman–Crippen MR) is 96.0 cm³/mol. The number of amidine groups is 1. The van der Waals surface area contributed by atoms with Crippen LogP contribution in [0.25, 0.3) is 6.08 Å². The summed E-state index contributed by atoms with van der Waals surface area (Å²) in [6, 6.07) is 14.3. The van der Waals surface area contributed by atoms with E-state index >= 15 is 0 Å². The molecule has 1 saturated heterocycles. The maximum Gasteiger partial charge on any atom is 0.264 e. The molecule has 2 aromatic rings.